The summed E-state index contributed by atoms with van der Waals surface area (Å²) in [7, 11) is 0. The fourth-order valence-corrected chi connectivity index (χ4v) is 3.45. The van der Waals surface area contributed by atoms with E-state index in [0.717, 1.165) is 36.1 Å². The molecular weight excluding hydrogens is 344 g/mol. The van der Waals surface area contributed by atoms with E-state index in [2.05, 4.69) is 30.9 Å². The van der Waals surface area contributed by atoms with Crippen LogP contribution in [0.15, 0.2) is 28.8 Å². The van der Waals surface area contributed by atoms with Crippen LogP contribution in [0.1, 0.15) is 25.1 Å². The number of aromatic nitrogens is 6. The average molecular weight is 364 g/mol. The molecule has 0 saturated carbocycles. The average Bonchev–Trinajstić information content (AvgIpc) is 3.23. The van der Waals surface area contributed by atoms with Crippen molar-refractivity contribution in [2.45, 2.75) is 32.2 Å². The molecule has 0 aliphatic carbocycles. The minimum absolute atomic E-state index is 0.294. The van der Waals surface area contributed by atoms with Crippen molar-refractivity contribution in [1.82, 2.24) is 35.0 Å². The summed E-state index contributed by atoms with van der Waals surface area (Å²) in [5.41, 5.74) is 1.59. The van der Waals surface area contributed by atoms with Gasteiger partial charge in [0.05, 0.1) is 5.52 Å². The van der Waals surface area contributed by atoms with E-state index in [1.165, 1.54) is 12.8 Å². The number of para-hydroxylation sites is 1. The van der Waals surface area contributed by atoms with Crippen LogP contribution in [0.2, 0.25) is 0 Å². The topological polar surface area (TPSA) is 106 Å². The highest BCUT2D eigenvalue weighted by molar-refractivity contribution is 5.92. The van der Waals surface area contributed by atoms with Gasteiger partial charge in [0.2, 0.25) is 11.8 Å². The molecule has 1 saturated heterocycles. The lowest BCUT2D eigenvalue weighted by Crippen LogP contribution is -2.32. The highest BCUT2D eigenvalue weighted by atomic mass is 16.5. The zero-order valence-corrected chi connectivity index (χ0v) is 15.0. The monoisotopic (exact) mass is 364 g/mol. The minimum Gasteiger partial charge on any atom is -0.350 e. The van der Waals surface area contributed by atoms with E-state index in [1.54, 1.807) is 11.4 Å². The van der Waals surface area contributed by atoms with Gasteiger partial charge >= 0.3 is 0 Å². The molecule has 1 aromatic carbocycles. The molecule has 138 valence electrons. The third kappa shape index (κ3) is 2.99. The number of aryl methyl sites for hydroxylation is 1. The molecule has 27 heavy (non-hydrogen) atoms. The number of hydrogen-bond acceptors (Lipinski definition) is 8. The predicted molar refractivity (Wildman–Crippen MR) is 100 cm³/mol. The number of fused-ring (bicyclic) bond motifs is 3. The van der Waals surface area contributed by atoms with Crippen molar-refractivity contribution in [3.8, 4) is 11.7 Å². The first-order chi connectivity index (χ1) is 13.3. The van der Waals surface area contributed by atoms with Crippen molar-refractivity contribution < 1.29 is 4.52 Å². The number of hydrogen-bond donors (Lipinski definition) is 2. The Morgan fingerprint density at radius 1 is 1.19 bits per heavy atom. The van der Waals surface area contributed by atoms with Gasteiger partial charge in [-0.25, -0.2) is 9.97 Å². The van der Waals surface area contributed by atoms with E-state index in [9.17, 15) is 0 Å². The first-order valence-electron chi connectivity index (χ1n) is 9.21. The van der Waals surface area contributed by atoms with Gasteiger partial charge in [-0.2, -0.15) is 9.50 Å². The standard InChI is InChI=1S/C18H20N8O/c1-11-20-17(27-25-11)15-23-16-13-7-2-3-8-14(13)22-18(26(16)24-15)21-12-6-4-5-9-19-10-12/h2-3,7-8,12,19H,4-6,9-10H2,1H3,(H,21,22)/t12-/m1/s1. The Morgan fingerprint density at radius 2 is 2.11 bits per heavy atom. The maximum absolute atomic E-state index is 5.25. The number of nitrogens with zero attached hydrogens (tertiary/aromatic N) is 6. The molecule has 9 nitrogen and oxygen atoms in total. The van der Waals surface area contributed by atoms with Crippen LogP contribution in [-0.4, -0.2) is 48.9 Å². The van der Waals surface area contributed by atoms with Gasteiger partial charge in [-0.05, 0) is 38.4 Å². The predicted octanol–water partition coefficient (Wildman–Crippen LogP) is 2.19. The van der Waals surface area contributed by atoms with Gasteiger partial charge < -0.3 is 15.2 Å². The third-order valence-electron chi connectivity index (χ3n) is 4.78. The van der Waals surface area contributed by atoms with Gasteiger partial charge in [0, 0.05) is 18.0 Å². The first-order valence-corrected chi connectivity index (χ1v) is 9.21. The summed E-state index contributed by atoms with van der Waals surface area (Å²) < 4.78 is 6.99. The quantitative estimate of drug-likeness (QED) is 0.570. The zero-order chi connectivity index (χ0) is 18.2. The number of rotatable bonds is 3. The van der Waals surface area contributed by atoms with Crippen LogP contribution in [0.4, 0.5) is 5.95 Å². The van der Waals surface area contributed by atoms with Crippen LogP contribution >= 0.6 is 0 Å². The molecule has 9 heteroatoms. The number of nitrogens with one attached hydrogen (secondary N) is 2. The van der Waals surface area contributed by atoms with Crippen LogP contribution < -0.4 is 10.6 Å². The van der Waals surface area contributed by atoms with Gasteiger partial charge in [0.1, 0.15) is 0 Å². The SMILES string of the molecule is Cc1noc(-c2nc3c4ccccc4nc(N[C@@H]4CCCCNC4)n3n2)n1. The van der Waals surface area contributed by atoms with Crippen molar-refractivity contribution in [3.63, 3.8) is 0 Å². The normalized spacial score (nSPS) is 18.0. The van der Waals surface area contributed by atoms with Crippen LogP contribution in [0.25, 0.3) is 28.3 Å². The Labute approximate surface area is 155 Å². The Morgan fingerprint density at radius 3 is 3.00 bits per heavy atom. The summed E-state index contributed by atoms with van der Waals surface area (Å²) in [6, 6.07) is 8.21. The smallest absolute Gasteiger partial charge is 0.297 e. The van der Waals surface area contributed by atoms with Crippen molar-refractivity contribution in [2.24, 2.45) is 0 Å². The Kier molecular flexibility index (Phi) is 3.93. The van der Waals surface area contributed by atoms with E-state index in [4.69, 9.17) is 9.51 Å². The zero-order valence-electron chi connectivity index (χ0n) is 15.0. The molecule has 1 aliphatic rings. The fraction of sp³-hybridized carbons (Fsp3) is 0.389. The lowest BCUT2D eigenvalue weighted by Gasteiger charge is -2.17. The van der Waals surface area contributed by atoms with Crippen molar-refractivity contribution in [1.29, 1.82) is 0 Å². The summed E-state index contributed by atoms with van der Waals surface area (Å²) in [6.07, 6.45) is 3.47. The Balaban J connectivity index is 1.64. The van der Waals surface area contributed by atoms with Gasteiger partial charge in [0.15, 0.2) is 11.5 Å². The highest BCUT2D eigenvalue weighted by Crippen LogP contribution is 2.24. The molecule has 1 fully saturated rings. The van der Waals surface area contributed by atoms with Gasteiger partial charge in [-0.1, -0.05) is 23.7 Å². The van der Waals surface area contributed by atoms with Gasteiger partial charge in [-0.3, -0.25) is 0 Å². The molecule has 1 aliphatic heterocycles. The minimum atomic E-state index is 0.294. The van der Waals surface area contributed by atoms with E-state index in [1.807, 2.05) is 24.3 Å². The van der Waals surface area contributed by atoms with E-state index < -0.39 is 0 Å². The Hall–Kier alpha value is -3.07. The molecule has 5 rings (SSSR count). The van der Waals surface area contributed by atoms with E-state index >= 15 is 0 Å². The van der Waals surface area contributed by atoms with Crippen LogP contribution in [0.3, 0.4) is 0 Å². The second-order valence-corrected chi connectivity index (χ2v) is 6.81. The molecule has 0 amide bonds. The lowest BCUT2D eigenvalue weighted by atomic mass is 10.1. The lowest BCUT2D eigenvalue weighted by molar-refractivity contribution is 0.423. The molecule has 0 bridgehead atoms. The fourth-order valence-electron chi connectivity index (χ4n) is 3.45. The highest BCUT2D eigenvalue weighted by Gasteiger charge is 2.20. The van der Waals surface area contributed by atoms with E-state index in [0.29, 0.717) is 29.5 Å². The molecule has 0 radical (unpaired) electrons. The summed E-state index contributed by atoms with van der Waals surface area (Å²) in [5.74, 6) is 1.93. The molecule has 1 atom stereocenters. The Bertz CT molecular complexity index is 1090. The summed E-state index contributed by atoms with van der Waals surface area (Å²) in [6.45, 7) is 3.73. The van der Waals surface area contributed by atoms with Crippen molar-refractivity contribution in [3.05, 3.63) is 30.1 Å². The van der Waals surface area contributed by atoms with E-state index in [-0.39, 0.29) is 0 Å². The third-order valence-corrected chi connectivity index (χ3v) is 4.78. The molecule has 4 aromatic rings. The maximum atomic E-state index is 5.25. The van der Waals surface area contributed by atoms with Gasteiger partial charge in [0.25, 0.3) is 5.89 Å². The maximum Gasteiger partial charge on any atom is 0.297 e. The number of anilines is 1. The molecular formula is C18H20N8O. The molecule has 2 N–H and O–H groups in total. The first kappa shape index (κ1) is 16.1. The molecule has 4 heterocycles. The van der Waals surface area contributed by atoms with Crippen LogP contribution in [-0.2, 0) is 0 Å². The van der Waals surface area contributed by atoms with Crippen molar-refractivity contribution in [2.75, 3.05) is 18.4 Å². The molecule has 0 unspecified atom stereocenters. The van der Waals surface area contributed by atoms with Crippen molar-refractivity contribution >= 4 is 22.5 Å². The van der Waals surface area contributed by atoms with Gasteiger partial charge in [-0.15, -0.1) is 5.10 Å². The molecule has 3 aromatic heterocycles. The second-order valence-electron chi connectivity index (χ2n) is 6.81. The summed E-state index contributed by atoms with van der Waals surface area (Å²) in [4.78, 5) is 13.7. The summed E-state index contributed by atoms with van der Waals surface area (Å²) in [5, 5.41) is 16.4. The number of benzene rings is 1. The van der Waals surface area contributed by atoms with Crippen LogP contribution in [0, 0.1) is 6.92 Å². The van der Waals surface area contributed by atoms with Crippen LogP contribution in [0.5, 0.6) is 0 Å². The second kappa shape index (κ2) is 6.58. The summed E-state index contributed by atoms with van der Waals surface area (Å²) >= 11 is 0. The largest absolute Gasteiger partial charge is 0.350 e. The molecule has 0 spiro atoms.